The molecule has 2 aliphatic rings. The summed E-state index contributed by atoms with van der Waals surface area (Å²) < 4.78 is 5.33. The quantitative estimate of drug-likeness (QED) is 0.894. The maximum atomic E-state index is 13.0. The molecule has 1 saturated carbocycles. The van der Waals surface area contributed by atoms with Crippen LogP contribution in [0.4, 0.5) is 0 Å². The number of hydrogen-bond donors (Lipinski definition) is 1. The van der Waals surface area contributed by atoms with Crippen LogP contribution in [-0.4, -0.2) is 33.7 Å². The highest BCUT2D eigenvalue weighted by Gasteiger charge is 2.51. The van der Waals surface area contributed by atoms with Crippen LogP contribution >= 0.6 is 0 Å². The first-order chi connectivity index (χ1) is 11.8. The van der Waals surface area contributed by atoms with Gasteiger partial charge in [0.1, 0.15) is 5.75 Å². The van der Waals surface area contributed by atoms with Crippen molar-refractivity contribution in [1.29, 1.82) is 0 Å². The van der Waals surface area contributed by atoms with E-state index in [4.69, 9.17) is 4.52 Å². The molecule has 2 bridgehead atoms. The van der Waals surface area contributed by atoms with Gasteiger partial charge in [0.25, 0.3) is 5.91 Å². The standard InChI is InChI=1S/C20H24N2O3/c1-19(2)9-13-10-20(3,11-19)12-22(13)18(24)15-8-17(25-21-15)14-6-4-5-7-16(14)23/h4-8,13,23H,9-12H2,1-3H3/t13-,20-/m0/s1. The zero-order valence-electron chi connectivity index (χ0n) is 15.0. The molecule has 5 nitrogen and oxygen atoms in total. The molecule has 1 amide bonds. The molecule has 2 aromatic rings. The second-order valence-corrected chi connectivity index (χ2v) is 8.74. The molecule has 132 valence electrons. The molecule has 1 aliphatic carbocycles. The van der Waals surface area contributed by atoms with Crippen LogP contribution in [0.5, 0.6) is 5.75 Å². The highest BCUT2D eigenvalue weighted by atomic mass is 16.5. The second kappa shape index (κ2) is 5.35. The largest absolute Gasteiger partial charge is 0.507 e. The number of amides is 1. The van der Waals surface area contributed by atoms with E-state index in [2.05, 4.69) is 25.9 Å². The number of carbonyl (C=O) groups is 1. The van der Waals surface area contributed by atoms with Crippen LogP contribution in [0.15, 0.2) is 34.9 Å². The van der Waals surface area contributed by atoms with Crippen molar-refractivity contribution in [2.45, 2.75) is 46.1 Å². The number of hydrogen-bond acceptors (Lipinski definition) is 4. The fraction of sp³-hybridized carbons (Fsp3) is 0.500. The fourth-order valence-electron chi connectivity index (χ4n) is 5.03. The van der Waals surface area contributed by atoms with Crippen molar-refractivity contribution < 1.29 is 14.4 Å². The topological polar surface area (TPSA) is 66.6 Å². The van der Waals surface area contributed by atoms with Crippen LogP contribution in [0.1, 0.15) is 50.5 Å². The molecule has 25 heavy (non-hydrogen) atoms. The van der Waals surface area contributed by atoms with E-state index in [1.807, 2.05) is 11.0 Å². The molecule has 0 spiro atoms. The van der Waals surface area contributed by atoms with E-state index in [0.29, 0.717) is 17.0 Å². The van der Waals surface area contributed by atoms with E-state index in [1.54, 1.807) is 24.3 Å². The van der Waals surface area contributed by atoms with Crippen LogP contribution in [0, 0.1) is 10.8 Å². The summed E-state index contributed by atoms with van der Waals surface area (Å²) in [5.74, 6) is 0.455. The minimum Gasteiger partial charge on any atom is -0.507 e. The lowest BCUT2D eigenvalue weighted by Crippen LogP contribution is -2.37. The minimum atomic E-state index is -0.0724. The third-order valence-electron chi connectivity index (χ3n) is 5.57. The predicted octanol–water partition coefficient (Wildman–Crippen LogP) is 4.09. The number of para-hydroxylation sites is 1. The first-order valence-corrected chi connectivity index (χ1v) is 8.83. The summed E-state index contributed by atoms with van der Waals surface area (Å²) in [7, 11) is 0. The normalized spacial score (nSPS) is 27.5. The first-order valence-electron chi connectivity index (χ1n) is 8.83. The maximum absolute atomic E-state index is 13.0. The molecular weight excluding hydrogens is 316 g/mol. The lowest BCUT2D eigenvalue weighted by molar-refractivity contribution is 0.0698. The maximum Gasteiger partial charge on any atom is 0.276 e. The highest BCUT2D eigenvalue weighted by molar-refractivity contribution is 5.93. The van der Waals surface area contributed by atoms with Gasteiger partial charge in [-0.1, -0.05) is 38.1 Å². The molecule has 2 atom stereocenters. The molecule has 1 aliphatic heterocycles. The van der Waals surface area contributed by atoms with Gasteiger partial charge in [-0.15, -0.1) is 0 Å². The number of rotatable bonds is 2. The van der Waals surface area contributed by atoms with Crippen molar-refractivity contribution in [3.8, 4) is 17.1 Å². The van der Waals surface area contributed by atoms with Gasteiger partial charge in [0, 0.05) is 18.7 Å². The number of likely N-dealkylation sites (tertiary alicyclic amines) is 1. The van der Waals surface area contributed by atoms with Crippen molar-refractivity contribution in [2.75, 3.05) is 6.54 Å². The summed E-state index contributed by atoms with van der Waals surface area (Å²) in [6, 6.07) is 8.79. The molecule has 2 fully saturated rings. The molecule has 4 rings (SSSR count). The smallest absolute Gasteiger partial charge is 0.276 e. The van der Waals surface area contributed by atoms with Gasteiger partial charge in [0.2, 0.25) is 0 Å². The zero-order valence-corrected chi connectivity index (χ0v) is 15.0. The highest BCUT2D eigenvalue weighted by Crippen LogP contribution is 2.52. The van der Waals surface area contributed by atoms with E-state index in [9.17, 15) is 9.90 Å². The average Bonchev–Trinajstić information content (AvgIpc) is 3.09. The average molecular weight is 340 g/mol. The summed E-state index contributed by atoms with van der Waals surface area (Å²) in [6.45, 7) is 7.64. The van der Waals surface area contributed by atoms with Crippen molar-refractivity contribution in [2.24, 2.45) is 10.8 Å². The van der Waals surface area contributed by atoms with Crippen molar-refractivity contribution >= 4 is 5.91 Å². The van der Waals surface area contributed by atoms with Gasteiger partial charge < -0.3 is 14.5 Å². The Hall–Kier alpha value is -2.30. The molecule has 1 aromatic carbocycles. The lowest BCUT2D eigenvalue weighted by atomic mass is 9.65. The van der Waals surface area contributed by atoms with Crippen LogP contribution < -0.4 is 0 Å². The SMILES string of the molecule is CC1(C)C[C@H]2C[C@](C)(CN2C(=O)c2cc(-c3ccccc3O)on2)C1. The molecule has 1 saturated heterocycles. The summed E-state index contributed by atoms with van der Waals surface area (Å²) in [5.41, 5.74) is 1.30. The number of fused-ring (bicyclic) bond motifs is 2. The van der Waals surface area contributed by atoms with Crippen molar-refractivity contribution in [3.63, 3.8) is 0 Å². The van der Waals surface area contributed by atoms with E-state index in [0.717, 1.165) is 25.8 Å². The number of aromatic hydroxyl groups is 1. The van der Waals surface area contributed by atoms with E-state index in [1.165, 1.54) is 0 Å². The second-order valence-electron chi connectivity index (χ2n) is 8.74. The van der Waals surface area contributed by atoms with Gasteiger partial charge >= 0.3 is 0 Å². The number of nitrogens with zero attached hydrogens (tertiary/aromatic N) is 2. The molecule has 0 radical (unpaired) electrons. The van der Waals surface area contributed by atoms with Gasteiger partial charge in [-0.2, -0.15) is 0 Å². The van der Waals surface area contributed by atoms with Crippen LogP contribution in [0.3, 0.4) is 0 Å². The summed E-state index contributed by atoms with van der Waals surface area (Å²) >= 11 is 0. The van der Waals surface area contributed by atoms with Crippen molar-refractivity contribution in [3.05, 3.63) is 36.0 Å². The Bertz CT molecular complexity index is 826. The Balaban J connectivity index is 1.60. The van der Waals surface area contributed by atoms with Gasteiger partial charge in [-0.05, 0) is 42.2 Å². The van der Waals surface area contributed by atoms with Gasteiger partial charge in [0.15, 0.2) is 11.5 Å². The molecule has 2 heterocycles. The number of aromatic nitrogens is 1. The number of carbonyl (C=O) groups excluding carboxylic acids is 1. The Kier molecular flexibility index (Phi) is 3.46. The summed E-state index contributed by atoms with van der Waals surface area (Å²) in [5, 5.41) is 13.9. The van der Waals surface area contributed by atoms with Crippen molar-refractivity contribution in [1.82, 2.24) is 10.1 Å². The van der Waals surface area contributed by atoms with E-state index in [-0.39, 0.29) is 28.5 Å². The molecule has 0 unspecified atom stereocenters. The molecule has 1 aromatic heterocycles. The Labute approximate surface area is 147 Å². The van der Waals surface area contributed by atoms with E-state index < -0.39 is 0 Å². The third kappa shape index (κ3) is 2.81. The molecular formula is C20H24N2O3. The summed E-state index contributed by atoms with van der Waals surface area (Å²) in [4.78, 5) is 15.0. The van der Waals surface area contributed by atoms with Gasteiger partial charge in [-0.3, -0.25) is 4.79 Å². The summed E-state index contributed by atoms with van der Waals surface area (Å²) in [6.07, 6.45) is 3.23. The van der Waals surface area contributed by atoms with Crippen LogP contribution in [0.2, 0.25) is 0 Å². The number of benzene rings is 1. The monoisotopic (exact) mass is 340 g/mol. The van der Waals surface area contributed by atoms with Gasteiger partial charge in [0.05, 0.1) is 5.56 Å². The van der Waals surface area contributed by atoms with Crippen LogP contribution in [0.25, 0.3) is 11.3 Å². The Morgan fingerprint density at radius 1 is 1.28 bits per heavy atom. The van der Waals surface area contributed by atoms with Gasteiger partial charge in [-0.25, -0.2) is 0 Å². The minimum absolute atomic E-state index is 0.0724. The fourth-order valence-corrected chi connectivity index (χ4v) is 5.03. The van der Waals surface area contributed by atoms with E-state index >= 15 is 0 Å². The Morgan fingerprint density at radius 2 is 2.04 bits per heavy atom. The first kappa shape index (κ1) is 16.2. The number of phenols is 1. The lowest BCUT2D eigenvalue weighted by Gasteiger charge is -2.39. The Morgan fingerprint density at radius 3 is 2.80 bits per heavy atom. The molecule has 1 N–H and O–H groups in total. The van der Waals surface area contributed by atoms with Crippen LogP contribution in [-0.2, 0) is 0 Å². The molecule has 5 heteroatoms. The predicted molar refractivity (Wildman–Crippen MR) is 94.2 cm³/mol. The third-order valence-corrected chi connectivity index (χ3v) is 5.57. The number of phenolic OH excluding ortho intramolecular Hbond substituents is 1. The zero-order chi connectivity index (χ0) is 17.8.